The van der Waals surface area contributed by atoms with Gasteiger partial charge in [-0.15, -0.1) is 0 Å². The van der Waals surface area contributed by atoms with E-state index in [0.29, 0.717) is 0 Å². The number of hydrogen-bond acceptors (Lipinski definition) is 0. The van der Waals surface area contributed by atoms with Crippen molar-refractivity contribution in [2.45, 2.75) is 18.8 Å². The fourth-order valence-electron chi connectivity index (χ4n) is 2.29. The van der Waals surface area contributed by atoms with Crippen molar-refractivity contribution in [2.75, 3.05) is 10.7 Å². The Morgan fingerprint density at radius 3 is 1.95 bits per heavy atom. The first-order valence-corrected chi connectivity index (χ1v) is 8.77. The molecule has 0 bridgehead atoms. The van der Waals surface area contributed by atoms with E-state index >= 15 is 0 Å². The largest absolute Gasteiger partial charge is 0.207 e. The minimum Gasteiger partial charge on any atom is -0.207 e. The summed E-state index contributed by atoms with van der Waals surface area (Å²) in [6, 6.07) is 15.4. The molecule has 0 amide bonds. The molecule has 0 heterocycles. The van der Waals surface area contributed by atoms with Crippen LogP contribution in [0.2, 0.25) is 0 Å². The van der Waals surface area contributed by atoms with E-state index in [0.717, 1.165) is 22.6 Å². The van der Waals surface area contributed by atoms with E-state index in [2.05, 4.69) is 63.0 Å². The van der Waals surface area contributed by atoms with Crippen molar-refractivity contribution in [3.63, 3.8) is 0 Å². The van der Waals surface area contributed by atoms with E-state index in [9.17, 15) is 4.39 Å². The van der Waals surface area contributed by atoms with Gasteiger partial charge in [0.05, 0.1) is 0 Å². The maximum atomic E-state index is 13.1. The summed E-state index contributed by atoms with van der Waals surface area (Å²) in [6.45, 7) is 2.09. The Morgan fingerprint density at radius 1 is 0.900 bits per heavy atom. The maximum absolute atomic E-state index is 13.1. The molecule has 3 heteroatoms. The Hall–Kier alpha value is -0.670. The highest BCUT2D eigenvalue weighted by atomic mass is 79.9. The number of halogens is 3. The van der Waals surface area contributed by atoms with Gasteiger partial charge in [-0.1, -0.05) is 73.8 Å². The van der Waals surface area contributed by atoms with Crippen LogP contribution in [-0.2, 0) is 11.8 Å². The molecule has 0 saturated carbocycles. The molecule has 0 aliphatic carbocycles. The zero-order valence-electron chi connectivity index (χ0n) is 11.4. The van der Waals surface area contributed by atoms with Crippen molar-refractivity contribution in [3.05, 3.63) is 71.0 Å². The fraction of sp³-hybridized carbons (Fsp3) is 0.294. The quantitative estimate of drug-likeness (QED) is 0.590. The summed E-state index contributed by atoms with van der Waals surface area (Å²) >= 11 is 7.27. The Morgan fingerprint density at radius 2 is 1.45 bits per heavy atom. The van der Waals surface area contributed by atoms with Crippen molar-refractivity contribution in [1.29, 1.82) is 0 Å². The van der Waals surface area contributed by atoms with Gasteiger partial charge in [0.15, 0.2) is 0 Å². The molecular weight excluding hydrogens is 383 g/mol. The molecule has 2 aromatic rings. The van der Waals surface area contributed by atoms with Crippen LogP contribution in [-0.4, -0.2) is 10.7 Å². The van der Waals surface area contributed by atoms with E-state index in [4.69, 9.17) is 0 Å². The smallest absolute Gasteiger partial charge is 0.123 e. The Bertz CT molecular complexity index is 542. The third-order valence-electron chi connectivity index (χ3n) is 3.63. The van der Waals surface area contributed by atoms with Crippen LogP contribution in [0.4, 0.5) is 4.39 Å². The molecule has 0 unspecified atom stereocenters. The minimum absolute atomic E-state index is 0.0665. The highest BCUT2D eigenvalue weighted by molar-refractivity contribution is 9.09. The lowest BCUT2D eigenvalue weighted by molar-refractivity contribution is 0.547. The second-order valence-corrected chi connectivity index (χ2v) is 6.34. The zero-order chi connectivity index (χ0) is 14.6. The van der Waals surface area contributed by atoms with E-state index in [-0.39, 0.29) is 11.2 Å². The SMILES string of the molecule is Cc1ccc(CC(CBr)(CBr)c2ccc(F)cc2)cc1. The number of rotatable bonds is 5. The van der Waals surface area contributed by atoms with Crippen molar-refractivity contribution in [3.8, 4) is 0 Å². The molecule has 0 aliphatic rings. The van der Waals surface area contributed by atoms with Gasteiger partial charge in [-0.05, 0) is 36.6 Å². The lowest BCUT2D eigenvalue weighted by Crippen LogP contribution is -2.33. The highest BCUT2D eigenvalue weighted by Crippen LogP contribution is 2.33. The van der Waals surface area contributed by atoms with Crippen LogP contribution in [0.5, 0.6) is 0 Å². The standard InChI is InChI=1S/C17H17Br2F/c1-13-2-4-14(5-3-13)10-17(11-18,12-19)15-6-8-16(20)9-7-15/h2-9H,10-12H2,1H3. The molecule has 2 aromatic carbocycles. The van der Waals surface area contributed by atoms with Crippen LogP contribution in [0, 0.1) is 12.7 Å². The van der Waals surface area contributed by atoms with E-state index in [1.807, 2.05) is 12.1 Å². The number of hydrogen-bond donors (Lipinski definition) is 0. The topological polar surface area (TPSA) is 0 Å². The third kappa shape index (κ3) is 3.50. The van der Waals surface area contributed by atoms with Crippen LogP contribution in [0.1, 0.15) is 16.7 Å². The van der Waals surface area contributed by atoms with Crippen LogP contribution in [0.3, 0.4) is 0 Å². The predicted octanol–water partition coefficient (Wildman–Crippen LogP) is 5.40. The summed E-state index contributed by atoms with van der Waals surface area (Å²) in [5, 5.41) is 1.65. The average Bonchev–Trinajstić information content (AvgIpc) is 2.48. The Labute approximate surface area is 136 Å². The van der Waals surface area contributed by atoms with Crippen LogP contribution in [0.15, 0.2) is 48.5 Å². The average molecular weight is 400 g/mol. The minimum atomic E-state index is -0.192. The first-order chi connectivity index (χ1) is 9.59. The van der Waals surface area contributed by atoms with E-state index in [1.165, 1.54) is 23.3 Å². The molecule has 0 atom stereocenters. The number of benzene rings is 2. The van der Waals surface area contributed by atoms with Crippen LogP contribution < -0.4 is 0 Å². The summed E-state index contributed by atoms with van der Waals surface area (Å²) in [5.74, 6) is -0.192. The molecule has 0 nitrogen and oxygen atoms in total. The van der Waals surface area contributed by atoms with Crippen molar-refractivity contribution >= 4 is 31.9 Å². The molecule has 2 rings (SSSR count). The van der Waals surface area contributed by atoms with Gasteiger partial charge in [0.25, 0.3) is 0 Å². The number of aryl methyl sites for hydroxylation is 1. The summed E-state index contributed by atoms with van der Waals surface area (Å²) in [7, 11) is 0. The van der Waals surface area contributed by atoms with Gasteiger partial charge in [-0.25, -0.2) is 4.39 Å². The molecule has 0 fully saturated rings. The molecule has 106 valence electrons. The van der Waals surface area contributed by atoms with Gasteiger partial charge in [-0.2, -0.15) is 0 Å². The normalized spacial score (nSPS) is 11.6. The van der Waals surface area contributed by atoms with Gasteiger partial charge in [0.1, 0.15) is 5.82 Å². The second-order valence-electron chi connectivity index (χ2n) is 5.22. The highest BCUT2D eigenvalue weighted by Gasteiger charge is 2.30. The Kier molecular flexibility index (Phi) is 5.39. The summed E-state index contributed by atoms with van der Waals surface area (Å²) in [4.78, 5) is 0. The molecule has 0 radical (unpaired) electrons. The lowest BCUT2D eigenvalue weighted by atomic mass is 9.79. The molecule has 0 aromatic heterocycles. The first kappa shape index (κ1) is 15.7. The second kappa shape index (κ2) is 6.86. The van der Waals surface area contributed by atoms with E-state index in [1.54, 1.807) is 0 Å². The van der Waals surface area contributed by atoms with Crippen molar-refractivity contribution < 1.29 is 4.39 Å². The lowest BCUT2D eigenvalue weighted by Gasteiger charge is -2.31. The predicted molar refractivity (Wildman–Crippen MR) is 90.5 cm³/mol. The molecule has 0 spiro atoms. The number of alkyl halides is 2. The molecule has 0 aliphatic heterocycles. The van der Waals surface area contributed by atoms with Gasteiger partial charge in [0, 0.05) is 16.1 Å². The van der Waals surface area contributed by atoms with Gasteiger partial charge in [0.2, 0.25) is 0 Å². The first-order valence-electron chi connectivity index (χ1n) is 6.53. The Balaban J connectivity index is 2.33. The summed E-state index contributed by atoms with van der Waals surface area (Å²) in [5.41, 5.74) is 3.63. The van der Waals surface area contributed by atoms with Gasteiger partial charge >= 0.3 is 0 Å². The van der Waals surface area contributed by atoms with E-state index < -0.39 is 0 Å². The zero-order valence-corrected chi connectivity index (χ0v) is 14.5. The fourth-order valence-corrected chi connectivity index (χ4v) is 4.26. The molecule has 0 saturated heterocycles. The van der Waals surface area contributed by atoms with Crippen molar-refractivity contribution in [1.82, 2.24) is 0 Å². The van der Waals surface area contributed by atoms with Crippen LogP contribution in [0.25, 0.3) is 0 Å². The maximum Gasteiger partial charge on any atom is 0.123 e. The molecule has 20 heavy (non-hydrogen) atoms. The molecule has 0 N–H and O–H groups in total. The van der Waals surface area contributed by atoms with Crippen molar-refractivity contribution in [2.24, 2.45) is 0 Å². The van der Waals surface area contributed by atoms with Gasteiger partial charge < -0.3 is 0 Å². The molecular formula is C17H17Br2F. The summed E-state index contributed by atoms with van der Waals surface area (Å²) < 4.78 is 13.1. The summed E-state index contributed by atoms with van der Waals surface area (Å²) in [6.07, 6.45) is 0.912. The third-order valence-corrected chi connectivity index (χ3v) is 5.78. The van der Waals surface area contributed by atoms with Crippen LogP contribution >= 0.6 is 31.9 Å². The monoisotopic (exact) mass is 398 g/mol. The van der Waals surface area contributed by atoms with Gasteiger partial charge in [-0.3, -0.25) is 0 Å².